The van der Waals surface area contributed by atoms with Crippen molar-refractivity contribution in [2.75, 3.05) is 6.61 Å². The molecule has 82 valence electrons. The van der Waals surface area contributed by atoms with E-state index in [0.29, 0.717) is 13.0 Å². The molecule has 0 atom stereocenters. The fourth-order valence-corrected chi connectivity index (χ4v) is 3.04. The van der Waals surface area contributed by atoms with Gasteiger partial charge >= 0.3 is 5.97 Å². The van der Waals surface area contributed by atoms with Gasteiger partial charge in [0.25, 0.3) is 0 Å². The Balaban J connectivity index is 0.000000980. The zero-order valence-electron chi connectivity index (χ0n) is 8.54. The van der Waals surface area contributed by atoms with Crippen molar-refractivity contribution in [3.05, 3.63) is 0 Å². The summed E-state index contributed by atoms with van der Waals surface area (Å²) in [5, 5.41) is 0. The molecule has 3 rings (SSSR count). The van der Waals surface area contributed by atoms with Crippen LogP contribution >= 0.6 is 12.4 Å². The Morgan fingerprint density at radius 3 is 2.50 bits per heavy atom. The highest BCUT2D eigenvalue weighted by Gasteiger charge is 2.59. The highest BCUT2D eigenvalue weighted by molar-refractivity contribution is 5.85. The molecule has 2 bridgehead atoms. The van der Waals surface area contributed by atoms with Gasteiger partial charge in [-0.15, -0.1) is 12.4 Å². The standard InChI is InChI=1S/C10H17NO2.ClH/c1-2-13-8(12)5-9-3-4-10(11,6-9)7-9;/h2-7,11H2,1H3;1H. The van der Waals surface area contributed by atoms with E-state index in [4.69, 9.17) is 10.5 Å². The van der Waals surface area contributed by atoms with Crippen LogP contribution in [0.1, 0.15) is 39.0 Å². The highest BCUT2D eigenvalue weighted by atomic mass is 35.5. The molecule has 3 saturated carbocycles. The number of ether oxygens (including phenoxy) is 1. The molecule has 0 spiro atoms. The van der Waals surface area contributed by atoms with Gasteiger partial charge in [0.05, 0.1) is 13.0 Å². The van der Waals surface area contributed by atoms with Crippen molar-refractivity contribution in [2.24, 2.45) is 11.1 Å². The van der Waals surface area contributed by atoms with Crippen LogP contribution in [0.25, 0.3) is 0 Å². The molecule has 3 nitrogen and oxygen atoms in total. The summed E-state index contributed by atoms with van der Waals surface area (Å²) in [6, 6.07) is 0. The van der Waals surface area contributed by atoms with Crippen molar-refractivity contribution >= 4 is 18.4 Å². The summed E-state index contributed by atoms with van der Waals surface area (Å²) in [6.45, 7) is 2.33. The van der Waals surface area contributed by atoms with Crippen molar-refractivity contribution < 1.29 is 9.53 Å². The number of rotatable bonds is 3. The Kier molecular flexibility index (Phi) is 3.12. The van der Waals surface area contributed by atoms with Crippen LogP contribution in [0.3, 0.4) is 0 Å². The van der Waals surface area contributed by atoms with Crippen LogP contribution in [0.4, 0.5) is 0 Å². The summed E-state index contributed by atoms with van der Waals surface area (Å²) in [7, 11) is 0. The first-order valence-electron chi connectivity index (χ1n) is 5.02. The third-order valence-corrected chi connectivity index (χ3v) is 3.43. The lowest BCUT2D eigenvalue weighted by atomic mass is 9.64. The molecule has 0 aromatic carbocycles. The van der Waals surface area contributed by atoms with E-state index in [0.717, 1.165) is 25.7 Å². The van der Waals surface area contributed by atoms with E-state index in [1.807, 2.05) is 6.92 Å². The van der Waals surface area contributed by atoms with Gasteiger partial charge in [-0.05, 0) is 38.0 Å². The van der Waals surface area contributed by atoms with Crippen molar-refractivity contribution in [1.82, 2.24) is 0 Å². The molecule has 0 radical (unpaired) electrons. The number of fused-ring (bicyclic) bond motifs is 1. The molecule has 3 aliphatic rings. The number of hydrogen-bond acceptors (Lipinski definition) is 3. The second kappa shape index (κ2) is 3.70. The molecule has 0 heterocycles. The zero-order chi connectivity index (χ0) is 9.53. The fourth-order valence-electron chi connectivity index (χ4n) is 3.04. The van der Waals surface area contributed by atoms with E-state index in [9.17, 15) is 4.79 Å². The largest absolute Gasteiger partial charge is 0.466 e. The minimum absolute atomic E-state index is 0. The average molecular weight is 220 g/mol. The van der Waals surface area contributed by atoms with Gasteiger partial charge in [0.15, 0.2) is 0 Å². The third-order valence-electron chi connectivity index (χ3n) is 3.43. The quantitative estimate of drug-likeness (QED) is 0.735. The summed E-state index contributed by atoms with van der Waals surface area (Å²) in [6.07, 6.45) is 4.84. The Morgan fingerprint density at radius 1 is 1.43 bits per heavy atom. The summed E-state index contributed by atoms with van der Waals surface area (Å²) in [5.41, 5.74) is 6.33. The van der Waals surface area contributed by atoms with E-state index >= 15 is 0 Å². The van der Waals surface area contributed by atoms with Crippen LogP contribution in [0.15, 0.2) is 0 Å². The van der Waals surface area contributed by atoms with Crippen LogP contribution in [-0.4, -0.2) is 18.1 Å². The number of carbonyl (C=O) groups is 1. The summed E-state index contributed by atoms with van der Waals surface area (Å²) >= 11 is 0. The lowest BCUT2D eigenvalue weighted by molar-refractivity contribution is -0.147. The Morgan fingerprint density at radius 2 is 2.07 bits per heavy atom. The van der Waals surface area contributed by atoms with Crippen LogP contribution < -0.4 is 5.73 Å². The minimum atomic E-state index is -0.0496. The molecule has 0 aliphatic heterocycles. The number of nitrogens with two attached hydrogens (primary N) is 1. The van der Waals surface area contributed by atoms with Crippen LogP contribution in [-0.2, 0) is 9.53 Å². The van der Waals surface area contributed by atoms with E-state index in [-0.39, 0.29) is 29.3 Å². The molecule has 0 aromatic heterocycles. The second-order valence-electron chi connectivity index (χ2n) is 4.70. The number of halogens is 1. The normalized spacial score (nSPS) is 38.4. The predicted molar refractivity (Wildman–Crippen MR) is 56.3 cm³/mol. The first-order chi connectivity index (χ1) is 6.08. The van der Waals surface area contributed by atoms with Crippen molar-refractivity contribution in [3.8, 4) is 0 Å². The predicted octanol–water partition coefficient (Wildman–Crippen LogP) is 1.63. The molecule has 14 heavy (non-hydrogen) atoms. The molecule has 0 amide bonds. The monoisotopic (exact) mass is 219 g/mol. The van der Waals surface area contributed by atoms with Crippen molar-refractivity contribution in [3.63, 3.8) is 0 Å². The van der Waals surface area contributed by atoms with E-state index in [1.54, 1.807) is 0 Å². The summed E-state index contributed by atoms with van der Waals surface area (Å²) in [5.74, 6) is -0.0496. The Hall–Kier alpha value is -0.280. The average Bonchev–Trinajstić information content (AvgIpc) is 2.41. The highest BCUT2D eigenvalue weighted by Crippen LogP contribution is 2.61. The maximum absolute atomic E-state index is 11.3. The number of carbonyl (C=O) groups excluding carboxylic acids is 1. The van der Waals surface area contributed by atoms with Gasteiger partial charge in [-0.1, -0.05) is 0 Å². The molecule has 3 fully saturated rings. The topological polar surface area (TPSA) is 52.3 Å². The van der Waals surface area contributed by atoms with Crippen LogP contribution in [0, 0.1) is 5.41 Å². The molecule has 2 N–H and O–H groups in total. The molecule has 4 heteroatoms. The summed E-state index contributed by atoms with van der Waals surface area (Å²) < 4.78 is 4.95. The van der Waals surface area contributed by atoms with Crippen molar-refractivity contribution in [2.45, 2.75) is 44.6 Å². The Bertz CT molecular complexity index is 236. The van der Waals surface area contributed by atoms with Gasteiger partial charge in [0, 0.05) is 5.54 Å². The number of hydrogen-bond donors (Lipinski definition) is 1. The number of esters is 1. The van der Waals surface area contributed by atoms with Gasteiger partial charge in [-0.3, -0.25) is 4.79 Å². The van der Waals surface area contributed by atoms with Crippen LogP contribution in [0.5, 0.6) is 0 Å². The molecule has 0 saturated heterocycles. The first-order valence-corrected chi connectivity index (χ1v) is 5.02. The molecule has 0 aromatic rings. The first kappa shape index (κ1) is 11.8. The van der Waals surface area contributed by atoms with Gasteiger partial charge in [-0.25, -0.2) is 0 Å². The van der Waals surface area contributed by atoms with Gasteiger partial charge in [0.2, 0.25) is 0 Å². The molecular weight excluding hydrogens is 202 g/mol. The Labute approximate surface area is 90.8 Å². The fraction of sp³-hybridized carbons (Fsp3) is 0.900. The van der Waals surface area contributed by atoms with Gasteiger partial charge < -0.3 is 10.5 Å². The molecular formula is C10H18ClNO2. The van der Waals surface area contributed by atoms with E-state index in [1.165, 1.54) is 0 Å². The molecule has 0 unspecified atom stereocenters. The maximum Gasteiger partial charge on any atom is 0.306 e. The second-order valence-corrected chi connectivity index (χ2v) is 4.70. The smallest absolute Gasteiger partial charge is 0.306 e. The molecule has 3 aliphatic carbocycles. The van der Waals surface area contributed by atoms with Crippen molar-refractivity contribution in [1.29, 1.82) is 0 Å². The van der Waals surface area contributed by atoms with E-state index in [2.05, 4.69) is 0 Å². The lowest BCUT2D eigenvalue weighted by Crippen LogP contribution is -2.50. The lowest BCUT2D eigenvalue weighted by Gasteiger charge is -2.44. The third kappa shape index (κ3) is 1.89. The minimum Gasteiger partial charge on any atom is -0.466 e. The van der Waals surface area contributed by atoms with Gasteiger partial charge in [0.1, 0.15) is 0 Å². The van der Waals surface area contributed by atoms with E-state index < -0.39 is 0 Å². The maximum atomic E-state index is 11.3. The SMILES string of the molecule is CCOC(=O)CC12CCC(N)(C1)C2.Cl. The zero-order valence-corrected chi connectivity index (χ0v) is 9.36. The summed E-state index contributed by atoms with van der Waals surface area (Å²) in [4.78, 5) is 11.3. The van der Waals surface area contributed by atoms with Gasteiger partial charge in [-0.2, -0.15) is 0 Å². The van der Waals surface area contributed by atoms with Crippen LogP contribution in [0.2, 0.25) is 0 Å².